The van der Waals surface area contributed by atoms with Gasteiger partial charge in [-0.2, -0.15) is 0 Å². The summed E-state index contributed by atoms with van der Waals surface area (Å²) in [4.78, 5) is 16.1. The summed E-state index contributed by atoms with van der Waals surface area (Å²) in [6, 6.07) is 4.11. The van der Waals surface area contributed by atoms with Crippen LogP contribution in [0.2, 0.25) is 0 Å². The minimum absolute atomic E-state index is 0.223. The normalized spacial score (nSPS) is 27.4. The number of amides is 1. The zero-order valence-corrected chi connectivity index (χ0v) is 12.5. The summed E-state index contributed by atoms with van der Waals surface area (Å²) in [5, 5.41) is 0. The molecule has 0 saturated carbocycles. The zero-order valence-electron chi connectivity index (χ0n) is 12.5. The molecule has 2 fully saturated rings. The summed E-state index contributed by atoms with van der Waals surface area (Å²) in [5.74, 6) is 2.26. The second kappa shape index (κ2) is 5.24. The number of piperidine rings is 1. The van der Waals surface area contributed by atoms with Gasteiger partial charge in [0.2, 0.25) is 5.91 Å². The van der Waals surface area contributed by atoms with Gasteiger partial charge in [0.1, 0.15) is 11.5 Å². The number of nitrogens with zero attached hydrogens (tertiary/aromatic N) is 2. The third-order valence-corrected chi connectivity index (χ3v) is 4.80. The lowest BCUT2D eigenvalue weighted by molar-refractivity contribution is -0.128. The van der Waals surface area contributed by atoms with Crippen molar-refractivity contribution in [2.24, 2.45) is 5.41 Å². The number of furan rings is 1. The van der Waals surface area contributed by atoms with E-state index < -0.39 is 0 Å². The molecule has 1 atom stereocenters. The number of aryl methyl sites for hydroxylation is 1. The van der Waals surface area contributed by atoms with E-state index in [2.05, 4.69) is 11.0 Å². The Morgan fingerprint density at radius 2 is 2.15 bits per heavy atom. The third kappa shape index (κ3) is 2.75. The molecule has 0 bridgehead atoms. The Labute approximate surface area is 120 Å². The van der Waals surface area contributed by atoms with Crippen molar-refractivity contribution >= 4 is 5.91 Å². The molecule has 1 aromatic rings. The van der Waals surface area contributed by atoms with E-state index in [0.29, 0.717) is 5.41 Å². The standard InChI is InChI=1S/C16H24N2O2/c1-13-4-5-15(20-13)10-17-8-3-6-16(11-17)7-9-18(12-16)14(2)19/h4-5H,3,6-12H2,1-2H3. The van der Waals surface area contributed by atoms with Crippen molar-refractivity contribution < 1.29 is 9.21 Å². The smallest absolute Gasteiger partial charge is 0.219 e. The van der Waals surface area contributed by atoms with Crippen LogP contribution in [0.5, 0.6) is 0 Å². The molecule has 2 aliphatic rings. The van der Waals surface area contributed by atoms with Gasteiger partial charge in [-0.05, 0) is 44.9 Å². The summed E-state index contributed by atoms with van der Waals surface area (Å²) >= 11 is 0. The van der Waals surface area contributed by atoms with Crippen molar-refractivity contribution in [3.05, 3.63) is 23.7 Å². The van der Waals surface area contributed by atoms with Crippen LogP contribution in [-0.4, -0.2) is 41.9 Å². The average molecular weight is 276 g/mol. The van der Waals surface area contributed by atoms with Crippen LogP contribution in [0.15, 0.2) is 16.5 Å². The maximum atomic E-state index is 11.5. The number of carbonyl (C=O) groups excluding carboxylic acids is 1. The molecule has 2 aliphatic heterocycles. The average Bonchev–Trinajstić information content (AvgIpc) is 2.97. The highest BCUT2D eigenvalue weighted by molar-refractivity contribution is 5.73. The van der Waals surface area contributed by atoms with Crippen LogP contribution in [0.1, 0.15) is 37.7 Å². The van der Waals surface area contributed by atoms with E-state index in [4.69, 9.17) is 4.42 Å². The molecule has 2 saturated heterocycles. The Morgan fingerprint density at radius 3 is 2.80 bits per heavy atom. The number of rotatable bonds is 2. The third-order valence-electron chi connectivity index (χ3n) is 4.80. The first kappa shape index (κ1) is 13.7. The van der Waals surface area contributed by atoms with Crippen LogP contribution >= 0.6 is 0 Å². The molecule has 1 amide bonds. The molecule has 3 heterocycles. The van der Waals surface area contributed by atoms with Crippen LogP contribution in [0.25, 0.3) is 0 Å². The number of carbonyl (C=O) groups is 1. The van der Waals surface area contributed by atoms with Crippen LogP contribution in [0, 0.1) is 12.3 Å². The molecule has 4 nitrogen and oxygen atoms in total. The van der Waals surface area contributed by atoms with Gasteiger partial charge in [-0.15, -0.1) is 0 Å². The summed E-state index contributed by atoms with van der Waals surface area (Å²) in [6.07, 6.45) is 3.64. The summed E-state index contributed by atoms with van der Waals surface area (Å²) in [6.45, 7) is 8.68. The van der Waals surface area contributed by atoms with Gasteiger partial charge in [-0.25, -0.2) is 0 Å². The van der Waals surface area contributed by atoms with E-state index in [0.717, 1.165) is 50.7 Å². The first-order valence-electron chi connectivity index (χ1n) is 7.60. The van der Waals surface area contributed by atoms with Crippen LogP contribution < -0.4 is 0 Å². The predicted molar refractivity (Wildman–Crippen MR) is 77.3 cm³/mol. The lowest BCUT2D eigenvalue weighted by Crippen LogP contribution is -2.44. The van der Waals surface area contributed by atoms with Gasteiger partial charge in [0.05, 0.1) is 6.54 Å². The maximum Gasteiger partial charge on any atom is 0.219 e. The van der Waals surface area contributed by atoms with Gasteiger partial charge < -0.3 is 9.32 Å². The number of hydrogen-bond acceptors (Lipinski definition) is 3. The molecule has 0 radical (unpaired) electrons. The van der Waals surface area contributed by atoms with E-state index in [9.17, 15) is 4.79 Å². The van der Waals surface area contributed by atoms with E-state index in [1.54, 1.807) is 6.92 Å². The molecular formula is C16H24N2O2. The Balaban J connectivity index is 1.63. The molecule has 1 spiro atoms. The molecule has 1 unspecified atom stereocenters. The summed E-state index contributed by atoms with van der Waals surface area (Å²) < 4.78 is 5.69. The highest BCUT2D eigenvalue weighted by atomic mass is 16.3. The Hall–Kier alpha value is -1.29. The summed E-state index contributed by atoms with van der Waals surface area (Å²) in [5.41, 5.74) is 0.325. The molecule has 110 valence electrons. The SMILES string of the molecule is CC(=O)N1CCC2(CCCN(Cc3ccc(C)o3)C2)C1. The van der Waals surface area contributed by atoms with E-state index in [1.807, 2.05) is 17.9 Å². The van der Waals surface area contributed by atoms with Gasteiger partial charge in [-0.1, -0.05) is 0 Å². The van der Waals surface area contributed by atoms with Crippen molar-refractivity contribution in [3.63, 3.8) is 0 Å². The molecule has 4 heteroatoms. The van der Waals surface area contributed by atoms with Crippen LogP contribution in [-0.2, 0) is 11.3 Å². The van der Waals surface area contributed by atoms with Crippen molar-refractivity contribution in [2.45, 2.75) is 39.7 Å². The van der Waals surface area contributed by atoms with Gasteiger partial charge in [0.15, 0.2) is 0 Å². The minimum Gasteiger partial charge on any atom is -0.465 e. The monoisotopic (exact) mass is 276 g/mol. The Bertz CT molecular complexity index is 496. The van der Waals surface area contributed by atoms with Crippen LogP contribution in [0.3, 0.4) is 0 Å². The Kier molecular flexibility index (Phi) is 3.59. The first-order valence-corrected chi connectivity index (χ1v) is 7.60. The largest absolute Gasteiger partial charge is 0.465 e. The fourth-order valence-corrected chi connectivity index (χ4v) is 3.77. The quantitative estimate of drug-likeness (QED) is 0.832. The van der Waals surface area contributed by atoms with Crippen LogP contribution in [0.4, 0.5) is 0 Å². The maximum absolute atomic E-state index is 11.5. The van der Waals surface area contributed by atoms with Crippen molar-refractivity contribution in [3.8, 4) is 0 Å². The fourth-order valence-electron chi connectivity index (χ4n) is 3.77. The Morgan fingerprint density at radius 1 is 1.30 bits per heavy atom. The van der Waals surface area contributed by atoms with Gasteiger partial charge in [0.25, 0.3) is 0 Å². The molecule has 20 heavy (non-hydrogen) atoms. The first-order chi connectivity index (χ1) is 9.56. The highest BCUT2D eigenvalue weighted by Crippen LogP contribution is 2.39. The zero-order chi connectivity index (χ0) is 14.2. The van der Waals surface area contributed by atoms with Gasteiger partial charge >= 0.3 is 0 Å². The predicted octanol–water partition coefficient (Wildman–Crippen LogP) is 2.42. The van der Waals surface area contributed by atoms with Crippen molar-refractivity contribution in [2.75, 3.05) is 26.2 Å². The topological polar surface area (TPSA) is 36.7 Å². The molecule has 0 aromatic carbocycles. The number of likely N-dealkylation sites (tertiary alicyclic amines) is 2. The van der Waals surface area contributed by atoms with Gasteiger partial charge in [-0.3, -0.25) is 9.69 Å². The summed E-state index contributed by atoms with van der Waals surface area (Å²) in [7, 11) is 0. The van der Waals surface area contributed by atoms with Gasteiger partial charge in [0, 0.05) is 32.0 Å². The molecule has 1 aromatic heterocycles. The van der Waals surface area contributed by atoms with E-state index in [-0.39, 0.29) is 5.91 Å². The van der Waals surface area contributed by atoms with E-state index >= 15 is 0 Å². The molecular weight excluding hydrogens is 252 g/mol. The second-order valence-corrected chi connectivity index (χ2v) is 6.52. The van der Waals surface area contributed by atoms with Crippen molar-refractivity contribution in [1.82, 2.24) is 9.80 Å². The lowest BCUT2D eigenvalue weighted by atomic mass is 9.79. The molecule has 0 aliphatic carbocycles. The van der Waals surface area contributed by atoms with Crippen molar-refractivity contribution in [1.29, 1.82) is 0 Å². The number of hydrogen-bond donors (Lipinski definition) is 0. The highest BCUT2D eigenvalue weighted by Gasteiger charge is 2.42. The molecule has 0 N–H and O–H groups in total. The lowest BCUT2D eigenvalue weighted by Gasteiger charge is -2.40. The molecule has 3 rings (SSSR count). The second-order valence-electron chi connectivity index (χ2n) is 6.52. The fraction of sp³-hybridized carbons (Fsp3) is 0.688. The minimum atomic E-state index is 0.223. The van der Waals surface area contributed by atoms with E-state index in [1.165, 1.54) is 12.8 Å².